The van der Waals surface area contributed by atoms with Crippen LogP contribution in [0.25, 0.3) is 0 Å². The van der Waals surface area contributed by atoms with E-state index in [1.165, 1.54) is 54.9 Å². The van der Waals surface area contributed by atoms with Crippen LogP contribution in [0.15, 0.2) is 41.3 Å². The molecular weight excluding hydrogens is 436 g/mol. The van der Waals surface area contributed by atoms with E-state index in [9.17, 15) is 18.0 Å². The maximum Gasteiger partial charge on any atom is 0.343 e. The van der Waals surface area contributed by atoms with Gasteiger partial charge < -0.3 is 19.9 Å². The molecular formula is C22H26N2O7S. The molecule has 0 atom stereocenters. The van der Waals surface area contributed by atoms with E-state index in [1.807, 2.05) is 0 Å². The molecule has 1 aliphatic heterocycles. The Kier molecular flexibility index (Phi) is 7.37. The van der Waals surface area contributed by atoms with Crippen molar-refractivity contribution >= 4 is 21.9 Å². The predicted octanol–water partition coefficient (Wildman–Crippen LogP) is 2.59. The standard InChI is InChI=1S/C22H26N2O7S/c1-29-16-8-9-17(21(23)25)19(14-16)31-22(26)15-7-10-18(30-2)20(13-15)32(27,28)24-11-5-3-4-6-12-24/h7-10,13-14H,3-6,11-12H2,1-2H3,(H2,23,25). The number of nitrogens with zero attached hydrogens (tertiary/aromatic N) is 1. The number of carbonyl (C=O) groups excluding carboxylic acids is 2. The fourth-order valence-corrected chi connectivity index (χ4v) is 5.20. The second kappa shape index (κ2) is 10.0. The van der Waals surface area contributed by atoms with E-state index < -0.39 is 21.9 Å². The third-order valence-electron chi connectivity index (χ3n) is 5.24. The number of amides is 1. The summed E-state index contributed by atoms with van der Waals surface area (Å²) < 4.78 is 43.7. The normalized spacial score (nSPS) is 14.9. The fourth-order valence-electron chi connectivity index (χ4n) is 3.50. The zero-order chi connectivity index (χ0) is 23.3. The van der Waals surface area contributed by atoms with Gasteiger partial charge in [-0.15, -0.1) is 0 Å². The predicted molar refractivity (Wildman–Crippen MR) is 117 cm³/mol. The molecule has 0 radical (unpaired) electrons. The number of rotatable bonds is 7. The molecule has 172 valence electrons. The Morgan fingerprint density at radius 3 is 2.19 bits per heavy atom. The molecule has 10 heteroatoms. The van der Waals surface area contributed by atoms with E-state index in [0.29, 0.717) is 18.8 Å². The van der Waals surface area contributed by atoms with Gasteiger partial charge in [0.1, 0.15) is 22.1 Å². The van der Waals surface area contributed by atoms with Gasteiger partial charge in [0, 0.05) is 19.2 Å². The van der Waals surface area contributed by atoms with Crippen molar-refractivity contribution in [2.45, 2.75) is 30.6 Å². The molecule has 0 spiro atoms. The van der Waals surface area contributed by atoms with Crippen molar-refractivity contribution in [1.82, 2.24) is 4.31 Å². The van der Waals surface area contributed by atoms with E-state index in [0.717, 1.165) is 25.7 Å². The quantitative estimate of drug-likeness (QED) is 0.495. The fraction of sp³-hybridized carbons (Fsp3) is 0.364. The Balaban J connectivity index is 1.96. The van der Waals surface area contributed by atoms with Gasteiger partial charge in [-0.2, -0.15) is 4.31 Å². The van der Waals surface area contributed by atoms with E-state index in [1.54, 1.807) is 0 Å². The molecule has 9 nitrogen and oxygen atoms in total. The minimum atomic E-state index is -3.88. The molecule has 1 saturated heterocycles. The number of sulfonamides is 1. The van der Waals surface area contributed by atoms with Gasteiger partial charge in [0.2, 0.25) is 10.0 Å². The summed E-state index contributed by atoms with van der Waals surface area (Å²) in [6.07, 6.45) is 3.49. The lowest BCUT2D eigenvalue weighted by Gasteiger charge is -2.21. The molecule has 0 aromatic heterocycles. The lowest BCUT2D eigenvalue weighted by Crippen LogP contribution is -2.32. The summed E-state index contributed by atoms with van der Waals surface area (Å²) in [6, 6.07) is 8.28. The van der Waals surface area contributed by atoms with Crippen LogP contribution >= 0.6 is 0 Å². The number of methoxy groups -OCH3 is 2. The van der Waals surface area contributed by atoms with Gasteiger partial charge in [-0.3, -0.25) is 4.79 Å². The second-order valence-corrected chi connectivity index (χ2v) is 9.21. The van der Waals surface area contributed by atoms with Gasteiger partial charge in [0.15, 0.2) is 0 Å². The molecule has 1 amide bonds. The van der Waals surface area contributed by atoms with Gasteiger partial charge in [-0.05, 0) is 43.2 Å². The van der Waals surface area contributed by atoms with Crippen LogP contribution in [0, 0.1) is 0 Å². The van der Waals surface area contributed by atoms with Gasteiger partial charge in [0.05, 0.1) is 25.3 Å². The molecule has 2 aromatic rings. The van der Waals surface area contributed by atoms with Crippen molar-refractivity contribution in [1.29, 1.82) is 0 Å². The maximum absolute atomic E-state index is 13.3. The van der Waals surface area contributed by atoms with Crippen molar-refractivity contribution < 1.29 is 32.2 Å². The summed E-state index contributed by atoms with van der Waals surface area (Å²) in [5.41, 5.74) is 5.34. The molecule has 0 unspecified atom stereocenters. The van der Waals surface area contributed by atoms with Crippen molar-refractivity contribution in [3.63, 3.8) is 0 Å². The number of hydrogen-bond donors (Lipinski definition) is 1. The van der Waals surface area contributed by atoms with Gasteiger partial charge in [-0.1, -0.05) is 12.8 Å². The minimum Gasteiger partial charge on any atom is -0.497 e. The first kappa shape index (κ1) is 23.6. The molecule has 2 N–H and O–H groups in total. The molecule has 0 saturated carbocycles. The summed E-state index contributed by atoms with van der Waals surface area (Å²) in [6.45, 7) is 0.817. The Bertz CT molecular complexity index is 1110. The summed E-state index contributed by atoms with van der Waals surface area (Å²) >= 11 is 0. The number of hydrogen-bond acceptors (Lipinski definition) is 7. The van der Waals surface area contributed by atoms with Crippen LogP contribution < -0.4 is 19.9 Å². The van der Waals surface area contributed by atoms with Crippen LogP contribution in [0.3, 0.4) is 0 Å². The third kappa shape index (κ3) is 5.03. The maximum atomic E-state index is 13.3. The largest absolute Gasteiger partial charge is 0.497 e. The number of benzene rings is 2. The molecule has 2 aromatic carbocycles. The summed E-state index contributed by atoms with van der Waals surface area (Å²) in [5.74, 6) is -1.23. The van der Waals surface area contributed by atoms with Crippen molar-refractivity contribution in [2.24, 2.45) is 5.73 Å². The second-order valence-electron chi connectivity index (χ2n) is 7.30. The highest BCUT2D eigenvalue weighted by atomic mass is 32.2. The van der Waals surface area contributed by atoms with Crippen LogP contribution in [-0.4, -0.2) is 51.9 Å². The number of esters is 1. The van der Waals surface area contributed by atoms with Gasteiger partial charge in [0.25, 0.3) is 5.91 Å². The molecule has 1 fully saturated rings. The van der Waals surface area contributed by atoms with Crippen molar-refractivity contribution in [3.8, 4) is 17.2 Å². The Morgan fingerprint density at radius 1 is 0.906 bits per heavy atom. The number of carbonyl (C=O) groups is 2. The van der Waals surface area contributed by atoms with Crippen LogP contribution in [-0.2, 0) is 10.0 Å². The van der Waals surface area contributed by atoms with E-state index in [4.69, 9.17) is 19.9 Å². The zero-order valence-electron chi connectivity index (χ0n) is 18.0. The van der Waals surface area contributed by atoms with Gasteiger partial charge in [-0.25, -0.2) is 13.2 Å². The minimum absolute atomic E-state index is 0.00919. The summed E-state index contributed by atoms with van der Waals surface area (Å²) in [4.78, 5) is 24.4. The summed E-state index contributed by atoms with van der Waals surface area (Å²) in [7, 11) is -1.09. The van der Waals surface area contributed by atoms with E-state index in [2.05, 4.69) is 0 Å². The smallest absolute Gasteiger partial charge is 0.343 e. The third-order valence-corrected chi connectivity index (χ3v) is 7.16. The lowest BCUT2D eigenvalue weighted by molar-refractivity contribution is 0.0732. The first-order valence-corrected chi connectivity index (χ1v) is 11.6. The Hall–Kier alpha value is -3.11. The Labute approximate surface area is 187 Å². The topological polar surface area (TPSA) is 125 Å². The van der Waals surface area contributed by atoms with Gasteiger partial charge >= 0.3 is 5.97 Å². The SMILES string of the molecule is COc1ccc(C(N)=O)c(OC(=O)c2ccc(OC)c(S(=O)(=O)N3CCCCCC3)c2)c1. The lowest BCUT2D eigenvalue weighted by atomic mass is 10.1. The van der Waals surface area contributed by atoms with E-state index >= 15 is 0 Å². The van der Waals surface area contributed by atoms with Crippen LogP contribution in [0.5, 0.6) is 17.2 Å². The first-order chi connectivity index (χ1) is 15.3. The molecule has 32 heavy (non-hydrogen) atoms. The van der Waals surface area contributed by atoms with Crippen molar-refractivity contribution in [2.75, 3.05) is 27.3 Å². The monoisotopic (exact) mass is 462 g/mol. The highest BCUT2D eigenvalue weighted by molar-refractivity contribution is 7.89. The molecule has 1 aliphatic rings. The number of primary amides is 1. The van der Waals surface area contributed by atoms with Crippen molar-refractivity contribution in [3.05, 3.63) is 47.5 Å². The van der Waals surface area contributed by atoms with Crippen LogP contribution in [0.1, 0.15) is 46.4 Å². The molecule has 0 bridgehead atoms. The average Bonchev–Trinajstić information content (AvgIpc) is 3.08. The zero-order valence-corrected chi connectivity index (χ0v) is 18.8. The van der Waals surface area contributed by atoms with Crippen LogP contribution in [0.4, 0.5) is 0 Å². The van der Waals surface area contributed by atoms with Crippen LogP contribution in [0.2, 0.25) is 0 Å². The molecule has 3 rings (SSSR count). The Morgan fingerprint density at radius 2 is 1.59 bits per heavy atom. The van der Waals surface area contributed by atoms with E-state index in [-0.39, 0.29) is 27.5 Å². The average molecular weight is 463 g/mol. The molecule has 0 aliphatic carbocycles. The number of nitrogens with two attached hydrogens (primary N) is 1. The highest BCUT2D eigenvalue weighted by Crippen LogP contribution is 2.31. The first-order valence-electron chi connectivity index (χ1n) is 10.2. The highest BCUT2D eigenvalue weighted by Gasteiger charge is 2.29. The molecule has 1 heterocycles. The summed E-state index contributed by atoms with van der Waals surface area (Å²) in [5, 5.41) is 0. The number of ether oxygens (including phenoxy) is 3.